The van der Waals surface area contributed by atoms with Crippen molar-refractivity contribution in [3.8, 4) is 0 Å². The first-order valence-electron chi connectivity index (χ1n) is 5.08. The molecule has 84 valence electrons. The molecular formula is C12H14N2OS. The Kier molecular flexibility index (Phi) is 3.91. The summed E-state index contributed by atoms with van der Waals surface area (Å²) in [4.78, 5) is 4.17. The zero-order chi connectivity index (χ0) is 11.2. The Labute approximate surface area is 99.1 Å². The van der Waals surface area contributed by atoms with Gasteiger partial charge in [0, 0.05) is 25.2 Å². The molecule has 0 unspecified atom stereocenters. The summed E-state index contributed by atoms with van der Waals surface area (Å²) in [5.74, 6) is 0. The van der Waals surface area contributed by atoms with Crippen molar-refractivity contribution in [2.24, 2.45) is 0 Å². The van der Waals surface area contributed by atoms with E-state index < -0.39 is 0 Å². The highest BCUT2D eigenvalue weighted by Gasteiger charge is 1.96. The quantitative estimate of drug-likeness (QED) is 0.863. The van der Waals surface area contributed by atoms with Gasteiger partial charge in [-0.1, -0.05) is 24.3 Å². The first kappa shape index (κ1) is 11.1. The molecule has 2 rings (SSSR count). The van der Waals surface area contributed by atoms with Crippen molar-refractivity contribution in [1.29, 1.82) is 0 Å². The first-order valence-corrected chi connectivity index (χ1v) is 5.96. The van der Waals surface area contributed by atoms with E-state index in [0.29, 0.717) is 6.61 Å². The van der Waals surface area contributed by atoms with Gasteiger partial charge >= 0.3 is 0 Å². The van der Waals surface area contributed by atoms with Crippen molar-refractivity contribution in [3.05, 3.63) is 47.0 Å². The topological polar surface area (TPSA) is 34.1 Å². The average Bonchev–Trinajstić information content (AvgIpc) is 2.82. The second-order valence-electron chi connectivity index (χ2n) is 3.44. The molecule has 0 aliphatic rings. The van der Waals surface area contributed by atoms with Crippen LogP contribution >= 0.6 is 11.3 Å². The molecular weight excluding hydrogens is 220 g/mol. The molecule has 0 amide bonds. The third-order valence-electron chi connectivity index (χ3n) is 2.21. The number of thiazole rings is 1. The summed E-state index contributed by atoms with van der Waals surface area (Å²) in [7, 11) is 1.71. The summed E-state index contributed by atoms with van der Waals surface area (Å²) < 4.78 is 5.06. The van der Waals surface area contributed by atoms with E-state index in [1.165, 1.54) is 11.1 Å². The average molecular weight is 234 g/mol. The molecule has 1 heterocycles. The van der Waals surface area contributed by atoms with E-state index in [-0.39, 0.29) is 0 Å². The molecule has 0 bridgehead atoms. The van der Waals surface area contributed by atoms with E-state index in [1.54, 1.807) is 24.6 Å². The van der Waals surface area contributed by atoms with Crippen molar-refractivity contribution in [2.45, 2.75) is 13.2 Å². The lowest BCUT2D eigenvalue weighted by Gasteiger charge is -2.04. The number of methoxy groups -OCH3 is 1. The fourth-order valence-electron chi connectivity index (χ4n) is 1.41. The normalized spacial score (nSPS) is 10.3. The van der Waals surface area contributed by atoms with Crippen LogP contribution < -0.4 is 5.32 Å². The molecule has 1 aromatic heterocycles. The molecule has 0 aliphatic carbocycles. The number of nitrogens with zero attached hydrogens (tertiary/aromatic N) is 1. The van der Waals surface area contributed by atoms with Crippen LogP contribution in [0.4, 0.5) is 5.13 Å². The van der Waals surface area contributed by atoms with Crippen LogP contribution in [-0.4, -0.2) is 12.1 Å². The Bertz CT molecular complexity index is 411. The number of hydrogen-bond acceptors (Lipinski definition) is 4. The van der Waals surface area contributed by atoms with Crippen molar-refractivity contribution in [1.82, 2.24) is 4.98 Å². The van der Waals surface area contributed by atoms with Crippen LogP contribution in [-0.2, 0) is 17.9 Å². The molecule has 1 N–H and O–H groups in total. The SMILES string of the molecule is COCc1ccc(CNc2nccs2)cc1. The summed E-state index contributed by atoms with van der Waals surface area (Å²) in [5, 5.41) is 6.19. The van der Waals surface area contributed by atoms with Crippen molar-refractivity contribution < 1.29 is 4.74 Å². The van der Waals surface area contributed by atoms with Gasteiger partial charge in [0.1, 0.15) is 0 Å². The summed E-state index contributed by atoms with van der Waals surface area (Å²) in [6.07, 6.45) is 1.80. The zero-order valence-corrected chi connectivity index (χ0v) is 9.96. The van der Waals surface area contributed by atoms with Crippen LogP contribution in [0.15, 0.2) is 35.8 Å². The maximum Gasteiger partial charge on any atom is 0.182 e. The molecule has 0 spiro atoms. The van der Waals surface area contributed by atoms with Crippen LogP contribution in [0.5, 0.6) is 0 Å². The maximum absolute atomic E-state index is 5.06. The fourth-order valence-corrected chi connectivity index (χ4v) is 1.94. The second kappa shape index (κ2) is 5.63. The number of rotatable bonds is 5. The van der Waals surface area contributed by atoms with Gasteiger partial charge < -0.3 is 10.1 Å². The highest BCUT2D eigenvalue weighted by molar-refractivity contribution is 7.13. The molecule has 0 atom stereocenters. The van der Waals surface area contributed by atoms with E-state index in [4.69, 9.17) is 4.74 Å². The third kappa shape index (κ3) is 3.05. The van der Waals surface area contributed by atoms with E-state index in [2.05, 4.69) is 34.6 Å². The zero-order valence-electron chi connectivity index (χ0n) is 9.14. The second-order valence-corrected chi connectivity index (χ2v) is 4.33. The number of ether oxygens (including phenoxy) is 1. The number of anilines is 1. The monoisotopic (exact) mass is 234 g/mol. The largest absolute Gasteiger partial charge is 0.380 e. The standard InChI is InChI=1S/C12H14N2OS/c1-15-9-11-4-2-10(3-5-11)8-14-12-13-6-7-16-12/h2-7H,8-9H2,1H3,(H,13,14). The Morgan fingerprint density at radius 1 is 1.25 bits per heavy atom. The smallest absolute Gasteiger partial charge is 0.182 e. The van der Waals surface area contributed by atoms with Crippen LogP contribution in [0.2, 0.25) is 0 Å². The number of nitrogens with one attached hydrogen (secondary N) is 1. The van der Waals surface area contributed by atoms with Gasteiger partial charge in [-0.25, -0.2) is 4.98 Å². The van der Waals surface area contributed by atoms with Gasteiger partial charge in [-0.15, -0.1) is 11.3 Å². The maximum atomic E-state index is 5.06. The van der Waals surface area contributed by atoms with Crippen LogP contribution in [0.1, 0.15) is 11.1 Å². The molecule has 1 aromatic carbocycles. The van der Waals surface area contributed by atoms with E-state index in [0.717, 1.165) is 11.7 Å². The predicted molar refractivity (Wildman–Crippen MR) is 66.6 cm³/mol. The highest BCUT2D eigenvalue weighted by atomic mass is 32.1. The number of aromatic nitrogens is 1. The highest BCUT2D eigenvalue weighted by Crippen LogP contribution is 2.12. The van der Waals surface area contributed by atoms with Gasteiger partial charge in [-0.05, 0) is 11.1 Å². The lowest BCUT2D eigenvalue weighted by Crippen LogP contribution is -1.99. The molecule has 16 heavy (non-hydrogen) atoms. The lowest BCUT2D eigenvalue weighted by molar-refractivity contribution is 0.185. The van der Waals surface area contributed by atoms with E-state index in [9.17, 15) is 0 Å². The summed E-state index contributed by atoms with van der Waals surface area (Å²) in [5.41, 5.74) is 2.44. The minimum absolute atomic E-state index is 0.667. The molecule has 2 aromatic rings. The Balaban J connectivity index is 1.90. The Morgan fingerprint density at radius 2 is 2.00 bits per heavy atom. The third-order valence-corrected chi connectivity index (χ3v) is 2.94. The summed E-state index contributed by atoms with van der Waals surface area (Å²) >= 11 is 1.61. The van der Waals surface area contributed by atoms with Gasteiger partial charge in [0.2, 0.25) is 0 Å². The molecule has 0 fully saturated rings. The molecule has 0 radical (unpaired) electrons. The first-order chi connectivity index (χ1) is 7.88. The Morgan fingerprint density at radius 3 is 2.62 bits per heavy atom. The summed E-state index contributed by atoms with van der Waals surface area (Å²) in [6, 6.07) is 8.38. The van der Waals surface area contributed by atoms with Gasteiger partial charge in [-0.3, -0.25) is 0 Å². The van der Waals surface area contributed by atoms with Crippen molar-refractivity contribution in [3.63, 3.8) is 0 Å². The van der Waals surface area contributed by atoms with Crippen LogP contribution in [0, 0.1) is 0 Å². The van der Waals surface area contributed by atoms with E-state index in [1.807, 2.05) is 5.38 Å². The van der Waals surface area contributed by atoms with Crippen LogP contribution in [0.3, 0.4) is 0 Å². The van der Waals surface area contributed by atoms with Gasteiger partial charge in [0.15, 0.2) is 5.13 Å². The van der Waals surface area contributed by atoms with Crippen molar-refractivity contribution in [2.75, 3.05) is 12.4 Å². The van der Waals surface area contributed by atoms with Gasteiger partial charge in [0.25, 0.3) is 0 Å². The summed E-state index contributed by atoms with van der Waals surface area (Å²) in [6.45, 7) is 1.47. The minimum atomic E-state index is 0.667. The number of hydrogen-bond donors (Lipinski definition) is 1. The predicted octanol–water partition coefficient (Wildman–Crippen LogP) is 2.90. The molecule has 0 saturated carbocycles. The van der Waals surface area contributed by atoms with Gasteiger partial charge in [0.05, 0.1) is 6.61 Å². The molecule has 0 saturated heterocycles. The molecule has 4 heteroatoms. The minimum Gasteiger partial charge on any atom is -0.380 e. The van der Waals surface area contributed by atoms with Crippen LogP contribution in [0.25, 0.3) is 0 Å². The molecule has 0 aliphatic heterocycles. The van der Waals surface area contributed by atoms with E-state index >= 15 is 0 Å². The van der Waals surface area contributed by atoms with Crippen molar-refractivity contribution >= 4 is 16.5 Å². The number of benzene rings is 1. The van der Waals surface area contributed by atoms with Gasteiger partial charge in [-0.2, -0.15) is 0 Å². The fraction of sp³-hybridized carbons (Fsp3) is 0.250. The lowest BCUT2D eigenvalue weighted by atomic mass is 10.1. The Hall–Kier alpha value is -1.39. The molecule has 3 nitrogen and oxygen atoms in total.